The van der Waals surface area contributed by atoms with E-state index in [2.05, 4.69) is 32.6 Å². The van der Waals surface area contributed by atoms with Crippen LogP contribution in [0.2, 0.25) is 5.02 Å². The fraction of sp³-hybridized carbons (Fsp3) is 0.333. The van der Waals surface area contributed by atoms with Crippen molar-refractivity contribution in [3.8, 4) is 11.8 Å². The van der Waals surface area contributed by atoms with Crippen LogP contribution in [-0.2, 0) is 4.79 Å². The normalized spacial score (nSPS) is 17.1. The molecule has 1 aromatic carbocycles. The van der Waals surface area contributed by atoms with Crippen molar-refractivity contribution in [2.45, 2.75) is 51.6 Å². The van der Waals surface area contributed by atoms with Crippen molar-refractivity contribution in [1.29, 1.82) is 0 Å². The Labute approximate surface area is 218 Å². The van der Waals surface area contributed by atoms with E-state index < -0.39 is 11.7 Å². The average molecular weight is 526 g/mol. The molecule has 1 aliphatic rings. The van der Waals surface area contributed by atoms with Crippen LogP contribution in [-0.4, -0.2) is 32.6 Å². The second-order valence-corrected chi connectivity index (χ2v) is 9.63. The van der Waals surface area contributed by atoms with Gasteiger partial charge in [0.25, 0.3) is 5.91 Å². The van der Waals surface area contributed by atoms with Crippen LogP contribution in [0.15, 0.2) is 42.7 Å². The lowest BCUT2D eigenvalue weighted by Crippen LogP contribution is -2.40. The number of rotatable bonds is 5. The van der Waals surface area contributed by atoms with E-state index in [1.165, 1.54) is 36.7 Å². The van der Waals surface area contributed by atoms with E-state index in [1.54, 1.807) is 4.68 Å². The number of carbonyl (C=O) groups is 2. The molecule has 0 atom stereocenters. The summed E-state index contributed by atoms with van der Waals surface area (Å²) < 4.78 is 29.3. The number of aromatic nitrogens is 3. The number of carbonyl (C=O) groups excluding carboxylic acids is 2. The quantitative estimate of drug-likeness (QED) is 0.453. The van der Waals surface area contributed by atoms with Crippen molar-refractivity contribution in [3.05, 3.63) is 76.2 Å². The molecule has 0 unspecified atom stereocenters. The summed E-state index contributed by atoms with van der Waals surface area (Å²) in [5.41, 5.74) is 0.986. The van der Waals surface area contributed by atoms with E-state index in [0.29, 0.717) is 24.0 Å². The summed E-state index contributed by atoms with van der Waals surface area (Å²) in [6, 6.07) is 6.76. The number of benzene rings is 1. The Morgan fingerprint density at radius 3 is 2.38 bits per heavy atom. The van der Waals surface area contributed by atoms with Crippen LogP contribution in [0.4, 0.5) is 14.6 Å². The SMILES string of the molecule is CC(C)C(=O)N[C@H]1CC[C@@H](n2ncc(Cl)c2C(=O)Nc2ncc(C#Cc3ccc(F)cc3)cc2F)CC1. The highest BCUT2D eigenvalue weighted by atomic mass is 35.5. The Balaban J connectivity index is 1.43. The summed E-state index contributed by atoms with van der Waals surface area (Å²) in [5, 5.41) is 9.96. The molecule has 3 aromatic rings. The Morgan fingerprint density at radius 2 is 1.73 bits per heavy atom. The minimum absolute atomic E-state index is 0.0210. The molecule has 37 heavy (non-hydrogen) atoms. The molecule has 7 nitrogen and oxygen atoms in total. The summed E-state index contributed by atoms with van der Waals surface area (Å²) in [4.78, 5) is 29.0. The van der Waals surface area contributed by atoms with Crippen LogP contribution >= 0.6 is 11.6 Å². The lowest BCUT2D eigenvalue weighted by atomic mass is 9.90. The second-order valence-electron chi connectivity index (χ2n) is 9.22. The Morgan fingerprint density at radius 1 is 1.05 bits per heavy atom. The number of pyridine rings is 1. The maximum absolute atomic E-state index is 14.7. The minimum atomic E-state index is -0.761. The number of nitrogens with one attached hydrogen (secondary N) is 2. The number of anilines is 1. The van der Waals surface area contributed by atoms with Gasteiger partial charge in [0.15, 0.2) is 11.6 Å². The molecule has 0 bridgehead atoms. The number of halogens is 3. The highest BCUT2D eigenvalue weighted by Crippen LogP contribution is 2.31. The highest BCUT2D eigenvalue weighted by molar-refractivity contribution is 6.34. The molecular formula is C27H26ClF2N5O2. The van der Waals surface area contributed by atoms with Crippen LogP contribution in [0.5, 0.6) is 0 Å². The van der Waals surface area contributed by atoms with Crippen molar-refractivity contribution < 1.29 is 18.4 Å². The van der Waals surface area contributed by atoms with Crippen molar-refractivity contribution >= 4 is 29.2 Å². The van der Waals surface area contributed by atoms with E-state index in [0.717, 1.165) is 18.9 Å². The topological polar surface area (TPSA) is 88.9 Å². The van der Waals surface area contributed by atoms with E-state index in [1.807, 2.05) is 13.8 Å². The van der Waals surface area contributed by atoms with Gasteiger partial charge in [-0.05, 0) is 56.0 Å². The first kappa shape index (κ1) is 26.3. The smallest absolute Gasteiger partial charge is 0.276 e. The van der Waals surface area contributed by atoms with Gasteiger partial charge in [-0.3, -0.25) is 14.3 Å². The third-order valence-electron chi connectivity index (χ3n) is 6.15. The maximum atomic E-state index is 14.7. The number of hydrogen-bond donors (Lipinski definition) is 2. The number of amides is 2. The molecule has 0 saturated heterocycles. The van der Waals surface area contributed by atoms with Crippen molar-refractivity contribution in [1.82, 2.24) is 20.1 Å². The lowest BCUT2D eigenvalue weighted by Gasteiger charge is -2.30. The Kier molecular flexibility index (Phi) is 8.19. The summed E-state index contributed by atoms with van der Waals surface area (Å²) >= 11 is 6.27. The molecule has 1 saturated carbocycles. The van der Waals surface area contributed by atoms with Crippen LogP contribution in [0.25, 0.3) is 0 Å². The number of hydrogen-bond acceptors (Lipinski definition) is 4. The summed E-state index contributed by atoms with van der Waals surface area (Å²) in [6.07, 6.45) is 5.63. The molecule has 0 aliphatic heterocycles. The van der Waals surface area contributed by atoms with Gasteiger partial charge in [0.2, 0.25) is 5.91 Å². The van der Waals surface area contributed by atoms with Gasteiger partial charge in [0.1, 0.15) is 11.5 Å². The fourth-order valence-corrected chi connectivity index (χ4v) is 4.32. The average Bonchev–Trinajstić information content (AvgIpc) is 3.27. The highest BCUT2D eigenvalue weighted by Gasteiger charge is 2.29. The predicted molar refractivity (Wildman–Crippen MR) is 136 cm³/mol. The molecule has 2 N–H and O–H groups in total. The third kappa shape index (κ3) is 6.52. The molecule has 0 radical (unpaired) electrons. The van der Waals surface area contributed by atoms with E-state index >= 15 is 0 Å². The van der Waals surface area contributed by atoms with Gasteiger partial charge < -0.3 is 10.6 Å². The zero-order valence-corrected chi connectivity index (χ0v) is 21.1. The second kappa shape index (κ2) is 11.5. The Hall–Kier alpha value is -3.77. The van der Waals surface area contributed by atoms with Gasteiger partial charge in [-0.2, -0.15) is 5.10 Å². The Bertz CT molecular complexity index is 1350. The molecule has 4 rings (SSSR count). The maximum Gasteiger partial charge on any atom is 0.276 e. The lowest BCUT2D eigenvalue weighted by molar-refractivity contribution is -0.125. The molecule has 192 valence electrons. The van der Waals surface area contributed by atoms with Crippen LogP contribution in [0, 0.1) is 29.4 Å². The largest absolute Gasteiger partial charge is 0.353 e. The molecule has 2 aromatic heterocycles. The standard InChI is InChI=1S/C27H26ClF2N5O2/c1-16(2)26(36)33-20-9-11-21(12-10-20)35-24(22(28)15-32-35)27(37)34-25-23(30)13-18(14-31-25)4-3-17-5-7-19(29)8-6-17/h5-8,13-16,20-21H,9-12H2,1-2H3,(H,33,36)(H,31,34,37)/t20-,21+. The minimum Gasteiger partial charge on any atom is -0.353 e. The van der Waals surface area contributed by atoms with Gasteiger partial charge in [-0.1, -0.05) is 37.3 Å². The van der Waals surface area contributed by atoms with Crippen LogP contribution in [0.1, 0.15) is 67.2 Å². The van der Waals surface area contributed by atoms with Crippen LogP contribution < -0.4 is 10.6 Å². The molecule has 1 aliphatic carbocycles. The summed E-state index contributed by atoms with van der Waals surface area (Å²) in [5.74, 6) is 3.48. The monoisotopic (exact) mass is 525 g/mol. The fourth-order valence-electron chi connectivity index (χ4n) is 4.11. The molecule has 1 fully saturated rings. The zero-order valence-electron chi connectivity index (χ0n) is 20.4. The molecule has 2 amide bonds. The van der Waals surface area contributed by atoms with Crippen molar-refractivity contribution in [3.63, 3.8) is 0 Å². The van der Waals surface area contributed by atoms with Crippen molar-refractivity contribution in [2.75, 3.05) is 5.32 Å². The first-order valence-corrected chi connectivity index (χ1v) is 12.4. The van der Waals surface area contributed by atoms with Gasteiger partial charge in [0, 0.05) is 29.3 Å². The molecule has 10 heteroatoms. The van der Waals surface area contributed by atoms with Crippen LogP contribution in [0.3, 0.4) is 0 Å². The van der Waals surface area contributed by atoms with E-state index in [4.69, 9.17) is 11.6 Å². The summed E-state index contributed by atoms with van der Waals surface area (Å²) in [6.45, 7) is 3.70. The third-order valence-corrected chi connectivity index (χ3v) is 6.42. The van der Waals surface area contributed by atoms with Gasteiger partial charge in [-0.25, -0.2) is 13.8 Å². The molecule has 0 spiro atoms. The van der Waals surface area contributed by atoms with E-state index in [9.17, 15) is 18.4 Å². The van der Waals surface area contributed by atoms with E-state index in [-0.39, 0.29) is 46.3 Å². The van der Waals surface area contributed by atoms with Gasteiger partial charge >= 0.3 is 0 Å². The molecular weight excluding hydrogens is 500 g/mol. The first-order chi connectivity index (χ1) is 17.7. The summed E-state index contributed by atoms with van der Waals surface area (Å²) in [7, 11) is 0. The first-order valence-electron chi connectivity index (χ1n) is 12.0. The zero-order chi connectivity index (χ0) is 26.5. The number of nitrogens with zero attached hydrogens (tertiary/aromatic N) is 3. The molecule has 2 heterocycles. The predicted octanol–water partition coefficient (Wildman–Crippen LogP) is 5.12. The van der Waals surface area contributed by atoms with Gasteiger partial charge in [-0.15, -0.1) is 0 Å². The van der Waals surface area contributed by atoms with Crippen molar-refractivity contribution in [2.24, 2.45) is 5.92 Å². The van der Waals surface area contributed by atoms with Gasteiger partial charge in [0.05, 0.1) is 17.3 Å².